The van der Waals surface area contributed by atoms with Crippen LogP contribution in [0.15, 0.2) is 11.6 Å². The molecule has 0 aromatic heterocycles. The normalized spacial score (nSPS) is 19.3. The first-order valence-corrected chi connectivity index (χ1v) is 4.88. The van der Waals surface area contributed by atoms with E-state index in [9.17, 15) is 4.79 Å². The highest BCUT2D eigenvalue weighted by molar-refractivity contribution is 5.86. The summed E-state index contributed by atoms with van der Waals surface area (Å²) >= 11 is 0. The number of hydrogen-bond donors (Lipinski definition) is 1. The third-order valence-corrected chi connectivity index (χ3v) is 2.45. The van der Waals surface area contributed by atoms with E-state index in [0.717, 1.165) is 19.6 Å². The molecule has 1 N–H and O–H groups in total. The molecular weight excluding hydrogens is 166 g/mol. The van der Waals surface area contributed by atoms with Gasteiger partial charge in [-0.15, -0.1) is 0 Å². The van der Waals surface area contributed by atoms with Crippen LogP contribution in [0, 0.1) is 0 Å². The summed E-state index contributed by atoms with van der Waals surface area (Å²) in [5.41, 5.74) is 0.534. The van der Waals surface area contributed by atoms with Gasteiger partial charge in [-0.2, -0.15) is 0 Å². The van der Waals surface area contributed by atoms with Crippen molar-refractivity contribution in [2.24, 2.45) is 0 Å². The summed E-state index contributed by atoms with van der Waals surface area (Å²) in [6.45, 7) is 4.92. The Labute approximate surface area is 79.0 Å². The van der Waals surface area contributed by atoms with Gasteiger partial charge >= 0.3 is 5.97 Å². The average Bonchev–Trinajstić information content (AvgIpc) is 2.57. The van der Waals surface area contributed by atoms with Gasteiger partial charge in [-0.3, -0.25) is 4.90 Å². The number of hydrogen-bond acceptors (Lipinski definition) is 2. The zero-order valence-electron chi connectivity index (χ0n) is 8.12. The van der Waals surface area contributed by atoms with Gasteiger partial charge in [-0.1, -0.05) is 13.0 Å². The lowest BCUT2D eigenvalue weighted by molar-refractivity contribution is -0.132. The molecule has 0 saturated carbocycles. The molecule has 0 radical (unpaired) electrons. The van der Waals surface area contributed by atoms with E-state index in [2.05, 4.69) is 4.90 Å². The standard InChI is InChI=1S/C10H17NO2/c1-2-9(10(12)13)5-8-11-6-3-4-7-11/h5H,2-4,6-8H2,1H3,(H,12,13). The summed E-state index contributed by atoms with van der Waals surface area (Å²) < 4.78 is 0. The van der Waals surface area contributed by atoms with Crippen molar-refractivity contribution >= 4 is 5.97 Å². The molecule has 0 atom stereocenters. The molecule has 0 aliphatic carbocycles. The second kappa shape index (κ2) is 5.02. The van der Waals surface area contributed by atoms with Gasteiger partial charge in [0.05, 0.1) is 0 Å². The fourth-order valence-electron chi connectivity index (χ4n) is 1.59. The lowest BCUT2D eigenvalue weighted by Gasteiger charge is -2.11. The lowest BCUT2D eigenvalue weighted by Crippen LogP contribution is -2.19. The zero-order chi connectivity index (χ0) is 9.68. The largest absolute Gasteiger partial charge is 0.478 e. The van der Waals surface area contributed by atoms with Gasteiger partial charge < -0.3 is 5.11 Å². The third kappa shape index (κ3) is 3.19. The topological polar surface area (TPSA) is 40.5 Å². The number of rotatable bonds is 4. The fraction of sp³-hybridized carbons (Fsp3) is 0.700. The summed E-state index contributed by atoms with van der Waals surface area (Å²) in [6.07, 6.45) is 4.96. The highest BCUT2D eigenvalue weighted by Crippen LogP contribution is 2.08. The van der Waals surface area contributed by atoms with Crippen LogP contribution >= 0.6 is 0 Å². The first kappa shape index (κ1) is 10.3. The molecule has 0 aromatic carbocycles. The number of aliphatic carboxylic acids is 1. The molecule has 3 heteroatoms. The smallest absolute Gasteiger partial charge is 0.331 e. The third-order valence-electron chi connectivity index (χ3n) is 2.45. The average molecular weight is 183 g/mol. The molecule has 1 aliphatic rings. The van der Waals surface area contributed by atoms with Crippen LogP contribution in [0.5, 0.6) is 0 Å². The van der Waals surface area contributed by atoms with E-state index in [-0.39, 0.29) is 0 Å². The van der Waals surface area contributed by atoms with Gasteiger partial charge in [-0.05, 0) is 32.4 Å². The van der Waals surface area contributed by atoms with Gasteiger partial charge in [0.1, 0.15) is 0 Å². The molecule has 0 unspecified atom stereocenters. The Morgan fingerprint density at radius 1 is 1.46 bits per heavy atom. The molecule has 1 fully saturated rings. The Kier molecular flexibility index (Phi) is 3.96. The first-order chi connectivity index (χ1) is 6.24. The number of nitrogens with zero attached hydrogens (tertiary/aromatic N) is 1. The van der Waals surface area contributed by atoms with Crippen molar-refractivity contribution in [3.8, 4) is 0 Å². The van der Waals surface area contributed by atoms with Crippen LogP contribution < -0.4 is 0 Å². The minimum Gasteiger partial charge on any atom is -0.478 e. The molecule has 1 aliphatic heterocycles. The maximum absolute atomic E-state index is 10.6. The molecule has 1 heterocycles. The van der Waals surface area contributed by atoms with E-state index in [4.69, 9.17) is 5.11 Å². The van der Waals surface area contributed by atoms with Crippen molar-refractivity contribution in [1.82, 2.24) is 4.90 Å². The monoisotopic (exact) mass is 183 g/mol. The predicted molar refractivity (Wildman–Crippen MR) is 51.7 cm³/mol. The van der Waals surface area contributed by atoms with Gasteiger partial charge in [-0.25, -0.2) is 4.79 Å². The van der Waals surface area contributed by atoms with Crippen LogP contribution in [0.3, 0.4) is 0 Å². The molecule has 0 amide bonds. The Morgan fingerprint density at radius 3 is 2.54 bits per heavy atom. The second-order valence-electron chi connectivity index (χ2n) is 3.40. The molecule has 0 spiro atoms. The molecule has 0 aromatic rings. The molecule has 3 nitrogen and oxygen atoms in total. The van der Waals surface area contributed by atoms with Crippen molar-refractivity contribution < 1.29 is 9.90 Å². The molecule has 1 saturated heterocycles. The Bertz CT molecular complexity index is 205. The van der Waals surface area contributed by atoms with E-state index in [1.54, 1.807) is 0 Å². The summed E-state index contributed by atoms with van der Waals surface area (Å²) in [5, 5.41) is 8.76. The predicted octanol–water partition coefficient (Wildman–Crippen LogP) is 1.50. The van der Waals surface area contributed by atoms with Gasteiger partial charge in [0.2, 0.25) is 0 Å². The Balaban J connectivity index is 2.39. The van der Waals surface area contributed by atoms with Crippen LogP contribution in [-0.2, 0) is 4.79 Å². The zero-order valence-corrected chi connectivity index (χ0v) is 8.12. The molecular formula is C10H17NO2. The quantitative estimate of drug-likeness (QED) is 0.671. The highest BCUT2D eigenvalue weighted by atomic mass is 16.4. The molecule has 0 bridgehead atoms. The first-order valence-electron chi connectivity index (χ1n) is 4.88. The molecule has 74 valence electrons. The Morgan fingerprint density at radius 2 is 2.08 bits per heavy atom. The van der Waals surface area contributed by atoms with E-state index in [0.29, 0.717) is 12.0 Å². The van der Waals surface area contributed by atoms with Crippen molar-refractivity contribution in [1.29, 1.82) is 0 Å². The fourth-order valence-corrected chi connectivity index (χ4v) is 1.59. The van der Waals surface area contributed by atoms with Crippen LogP contribution in [0.25, 0.3) is 0 Å². The van der Waals surface area contributed by atoms with Crippen LogP contribution in [0.4, 0.5) is 0 Å². The summed E-state index contributed by atoms with van der Waals surface area (Å²) in [5.74, 6) is -0.776. The van der Waals surface area contributed by atoms with Crippen molar-refractivity contribution in [2.45, 2.75) is 26.2 Å². The number of carboxylic acids is 1. The molecule has 13 heavy (non-hydrogen) atoms. The summed E-state index contributed by atoms with van der Waals surface area (Å²) in [4.78, 5) is 12.9. The van der Waals surface area contributed by atoms with E-state index in [1.807, 2.05) is 13.0 Å². The van der Waals surface area contributed by atoms with E-state index in [1.165, 1.54) is 12.8 Å². The summed E-state index contributed by atoms with van der Waals surface area (Å²) in [7, 11) is 0. The van der Waals surface area contributed by atoms with Crippen molar-refractivity contribution in [3.05, 3.63) is 11.6 Å². The second-order valence-corrected chi connectivity index (χ2v) is 3.40. The minimum atomic E-state index is -0.776. The lowest BCUT2D eigenvalue weighted by atomic mass is 10.2. The number of carbonyl (C=O) groups is 1. The van der Waals surface area contributed by atoms with Gasteiger partial charge in [0, 0.05) is 12.1 Å². The minimum absolute atomic E-state index is 0.534. The van der Waals surface area contributed by atoms with Crippen LogP contribution in [0.1, 0.15) is 26.2 Å². The highest BCUT2D eigenvalue weighted by Gasteiger charge is 2.10. The van der Waals surface area contributed by atoms with Crippen molar-refractivity contribution in [3.63, 3.8) is 0 Å². The summed E-state index contributed by atoms with van der Waals surface area (Å²) in [6, 6.07) is 0. The number of carboxylic acid groups (broad SMARTS) is 1. The number of likely N-dealkylation sites (tertiary alicyclic amines) is 1. The van der Waals surface area contributed by atoms with Gasteiger partial charge in [0.25, 0.3) is 0 Å². The molecule has 1 rings (SSSR count). The van der Waals surface area contributed by atoms with Crippen LogP contribution in [-0.4, -0.2) is 35.6 Å². The van der Waals surface area contributed by atoms with E-state index >= 15 is 0 Å². The maximum atomic E-state index is 10.6. The van der Waals surface area contributed by atoms with Crippen molar-refractivity contribution in [2.75, 3.05) is 19.6 Å². The Hall–Kier alpha value is -0.830. The van der Waals surface area contributed by atoms with E-state index < -0.39 is 5.97 Å². The SMILES string of the molecule is CCC(=CCN1CCCC1)C(=O)O. The maximum Gasteiger partial charge on any atom is 0.331 e. The van der Waals surface area contributed by atoms with Gasteiger partial charge in [0.15, 0.2) is 0 Å². The van der Waals surface area contributed by atoms with Crippen LogP contribution in [0.2, 0.25) is 0 Å².